The van der Waals surface area contributed by atoms with Crippen molar-refractivity contribution >= 4 is 16.9 Å². The number of amidine groups is 1. The minimum atomic E-state index is 0.758. The molecule has 0 aromatic heterocycles. The lowest BCUT2D eigenvalue weighted by molar-refractivity contribution is 0.482. The summed E-state index contributed by atoms with van der Waals surface area (Å²) in [6.07, 6.45) is 8.64. The van der Waals surface area contributed by atoms with Crippen molar-refractivity contribution in [3.05, 3.63) is 0 Å². The second-order valence-corrected chi connectivity index (χ2v) is 6.29. The van der Waals surface area contributed by atoms with Crippen molar-refractivity contribution in [1.82, 2.24) is 5.32 Å². The quantitative estimate of drug-likeness (QED) is 0.763. The summed E-state index contributed by atoms with van der Waals surface area (Å²) >= 11 is 1.89. The Morgan fingerprint density at radius 3 is 2.88 bits per heavy atom. The molecule has 1 N–H and O–H groups in total. The van der Waals surface area contributed by atoms with E-state index < -0.39 is 0 Å². The number of hydrogen-bond acceptors (Lipinski definition) is 3. The smallest absolute Gasteiger partial charge is 0.156 e. The fourth-order valence-electron chi connectivity index (χ4n) is 2.55. The third-order valence-electron chi connectivity index (χ3n) is 3.59. The Labute approximate surface area is 104 Å². The molecule has 0 aromatic rings. The molecule has 0 spiro atoms. The van der Waals surface area contributed by atoms with Crippen LogP contribution >= 0.6 is 11.8 Å². The van der Waals surface area contributed by atoms with Crippen LogP contribution in [-0.2, 0) is 0 Å². The molecule has 0 radical (unpaired) electrons. The largest absolute Gasteiger partial charge is 0.365 e. The van der Waals surface area contributed by atoms with Crippen LogP contribution in [0.3, 0.4) is 0 Å². The van der Waals surface area contributed by atoms with Crippen LogP contribution < -0.4 is 5.32 Å². The third kappa shape index (κ3) is 4.00. The van der Waals surface area contributed by atoms with Gasteiger partial charge in [-0.2, -0.15) is 0 Å². The molecule has 1 unspecified atom stereocenters. The first-order valence-corrected chi connectivity index (χ1v) is 7.74. The first kappa shape index (κ1) is 12.3. The number of nitrogens with one attached hydrogen (secondary N) is 1. The van der Waals surface area contributed by atoms with Gasteiger partial charge in [-0.1, -0.05) is 44.4 Å². The SMILES string of the molecule is CC1CN=C(NCCCC2CCCC2)SC1. The Balaban J connectivity index is 1.54. The van der Waals surface area contributed by atoms with E-state index in [9.17, 15) is 0 Å². The van der Waals surface area contributed by atoms with Crippen LogP contribution in [0.4, 0.5) is 0 Å². The average molecular weight is 240 g/mol. The molecule has 0 aromatic carbocycles. The van der Waals surface area contributed by atoms with Crippen molar-refractivity contribution in [2.75, 3.05) is 18.8 Å². The second kappa shape index (κ2) is 6.53. The lowest BCUT2D eigenvalue weighted by Gasteiger charge is -2.18. The minimum Gasteiger partial charge on any atom is -0.365 e. The minimum absolute atomic E-state index is 0.758. The monoisotopic (exact) mass is 240 g/mol. The zero-order chi connectivity index (χ0) is 11.2. The number of aliphatic imine (C=N–C) groups is 1. The Bertz CT molecular complexity index is 234. The first-order valence-electron chi connectivity index (χ1n) is 6.75. The summed E-state index contributed by atoms with van der Waals surface area (Å²) in [5.41, 5.74) is 0. The highest BCUT2D eigenvalue weighted by molar-refractivity contribution is 8.13. The van der Waals surface area contributed by atoms with E-state index in [1.54, 1.807) is 0 Å². The van der Waals surface area contributed by atoms with Gasteiger partial charge in [0, 0.05) is 18.8 Å². The van der Waals surface area contributed by atoms with Gasteiger partial charge in [0.05, 0.1) is 0 Å². The summed E-state index contributed by atoms with van der Waals surface area (Å²) in [7, 11) is 0. The maximum atomic E-state index is 4.55. The van der Waals surface area contributed by atoms with Gasteiger partial charge >= 0.3 is 0 Å². The molecular weight excluding hydrogens is 216 g/mol. The molecule has 3 heteroatoms. The lowest BCUT2D eigenvalue weighted by atomic mass is 10.0. The highest BCUT2D eigenvalue weighted by Gasteiger charge is 2.15. The molecule has 2 aliphatic rings. The van der Waals surface area contributed by atoms with Crippen molar-refractivity contribution < 1.29 is 0 Å². The zero-order valence-electron chi connectivity index (χ0n) is 10.4. The molecule has 2 rings (SSSR count). The fraction of sp³-hybridized carbons (Fsp3) is 0.923. The molecule has 0 amide bonds. The Morgan fingerprint density at radius 1 is 1.38 bits per heavy atom. The van der Waals surface area contributed by atoms with Gasteiger partial charge in [-0.25, -0.2) is 0 Å². The maximum absolute atomic E-state index is 4.55. The number of hydrogen-bond donors (Lipinski definition) is 1. The first-order chi connectivity index (χ1) is 7.84. The third-order valence-corrected chi connectivity index (χ3v) is 4.87. The van der Waals surface area contributed by atoms with Gasteiger partial charge in [0.15, 0.2) is 5.17 Å². The van der Waals surface area contributed by atoms with Gasteiger partial charge in [-0.3, -0.25) is 4.99 Å². The number of thioether (sulfide) groups is 1. The van der Waals surface area contributed by atoms with Crippen LogP contribution in [0.5, 0.6) is 0 Å². The topological polar surface area (TPSA) is 24.4 Å². The van der Waals surface area contributed by atoms with Crippen molar-refractivity contribution in [2.45, 2.75) is 45.4 Å². The molecule has 1 heterocycles. The highest BCUT2D eigenvalue weighted by atomic mass is 32.2. The summed E-state index contributed by atoms with van der Waals surface area (Å²) in [5, 5.41) is 4.66. The van der Waals surface area contributed by atoms with E-state index in [0.717, 1.165) is 24.9 Å². The molecule has 1 atom stereocenters. The van der Waals surface area contributed by atoms with Crippen molar-refractivity contribution in [3.63, 3.8) is 0 Å². The molecule has 1 fully saturated rings. The summed E-state index contributed by atoms with van der Waals surface area (Å²) in [6, 6.07) is 0. The summed E-state index contributed by atoms with van der Waals surface area (Å²) in [5.74, 6) is 3.02. The average Bonchev–Trinajstić information content (AvgIpc) is 2.80. The van der Waals surface area contributed by atoms with Crippen LogP contribution in [-0.4, -0.2) is 24.0 Å². The maximum Gasteiger partial charge on any atom is 0.156 e. The summed E-state index contributed by atoms with van der Waals surface area (Å²) in [6.45, 7) is 4.40. The van der Waals surface area contributed by atoms with E-state index in [2.05, 4.69) is 17.2 Å². The highest BCUT2D eigenvalue weighted by Crippen LogP contribution is 2.28. The van der Waals surface area contributed by atoms with E-state index in [-0.39, 0.29) is 0 Å². The predicted molar refractivity (Wildman–Crippen MR) is 73.1 cm³/mol. The lowest BCUT2D eigenvalue weighted by Crippen LogP contribution is -2.27. The fourth-order valence-corrected chi connectivity index (χ4v) is 3.47. The van der Waals surface area contributed by atoms with Gasteiger partial charge in [-0.05, 0) is 24.7 Å². The predicted octanol–water partition coefficient (Wildman–Crippen LogP) is 3.29. The zero-order valence-corrected chi connectivity index (χ0v) is 11.2. The van der Waals surface area contributed by atoms with Crippen molar-refractivity contribution in [3.8, 4) is 0 Å². The van der Waals surface area contributed by atoms with Crippen LogP contribution in [0.2, 0.25) is 0 Å². The van der Waals surface area contributed by atoms with E-state index >= 15 is 0 Å². The molecular formula is C13H24N2S. The van der Waals surface area contributed by atoms with Crippen molar-refractivity contribution in [1.29, 1.82) is 0 Å². The van der Waals surface area contributed by atoms with E-state index in [1.807, 2.05) is 11.8 Å². The molecule has 92 valence electrons. The van der Waals surface area contributed by atoms with Crippen molar-refractivity contribution in [2.24, 2.45) is 16.8 Å². The van der Waals surface area contributed by atoms with E-state index in [0.29, 0.717) is 0 Å². The van der Waals surface area contributed by atoms with Gasteiger partial charge in [0.2, 0.25) is 0 Å². The molecule has 2 nitrogen and oxygen atoms in total. The van der Waals surface area contributed by atoms with Gasteiger partial charge in [-0.15, -0.1) is 0 Å². The molecule has 1 aliphatic carbocycles. The van der Waals surface area contributed by atoms with Crippen LogP contribution in [0, 0.1) is 11.8 Å². The molecule has 0 saturated heterocycles. The Hall–Kier alpha value is -0.180. The van der Waals surface area contributed by atoms with Crippen LogP contribution in [0.15, 0.2) is 4.99 Å². The molecule has 1 aliphatic heterocycles. The van der Waals surface area contributed by atoms with Crippen LogP contribution in [0.1, 0.15) is 45.4 Å². The molecule has 0 bridgehead atoms. The number of rotatable bonds is 4. The normalized spacial score (nSPS) is 26.8. The van der Waals surface area contributed by atoms with E-state index in [1.165, 1.54) is 49.4 Å². The van der Waals surface area contributed by atoms with Gasteiger partial charge < -0.3 is 5.32 Å². The Morgan fingerprint density at radius 2 is 2.19 bits per heavy atom. The summed E-state index contributed by atoms with van der Waals surface area (Å²) in [4.78, 5) is 4.55. The van der Waals surface area contributed by atoms with Gasteiger partial charge in [0.1, 0.15) is 0 Å². The standard InChI is InChI=1S/C13H24N2S/c1-11-9-15-13(16-10-11)14-8-4-7-12-5-2-3-6-12/h11-12H,2-10H2,1H3,(H,14,15). The molecule has 16 heavy (non-hydrogen) atoms. The van der Waals surface area contributed by atoms with Gasteiger partial charge in [0.25, 0.3) is 0 Å². The summed E-state index contributed by atoms with van der Waals surface area (Å²) < 4.78 is 0. The number of nitrogens with zero attached hydrogens (tertiary/aromatic N) is 1. The van der Waals surface area contributed by atoms with Crippen LogP contribution in [0.25, 0.3) is 0 Å². The second-order valence-electron chi connectivity index (χ2n) is 5.28. The Kier molecular flexibility index (Phi) is 5.01. The van der Waals surface area contributed by atoms with E-state index in [4.69, 9.17) is 0 Å². The molecule has 1 saturated carbocycles.